The molecule has 0 fully saturated rings. The number of nitrogens with zero attached hydrogens (tertiary/aromatic N) is 1. The summed E-state index contributed by atoms with van der Waals surface area (Å²) in [7, 11) is 0. The first kappa shape index (κ1) is 15.2. The van der Waals surface area contributed by atoms with Crippen molar-refractivity contribution in [1.29, 1.82) is 5.26 Å². The lowest BCUT2D eigenvalue weighted by Crippen LogP contribution is -2.35. The van der Waals surface area contributed by atoms with Gasteiger partial charge in [0.1, 0.15) is 5.41 Å². The Morgan fingerprint density at radius 2 is 1.95 bits per heavy atom. The molecule has 0 heterocycles. The summed E-state index contributed by atoms with van der Waals surface area (Å²) in [4.78, 5) is 12.4. The van der Waals surface area contributed by atoms with Crippen molar-refractivity contribution < 1.29 is 4.79 Å². The van der Waals surface area contributed by atoms with Gasteiger partial charge in [-0.25, -0.2) is 0 Å². The van der Waals surface area contributed by atoms with Crippen LogP contribution in [0.1, 0.15) is 45.1 Å². The smallest absolute Gasteiger partial charge is 0.244 e. The molecular weight excluding hydrogens is 236 g/mol. The van der Waals surface area contributed by atoms with E-state index < -0.39 is 5.41 Å². The molecule has 1 amide bonds. The van der Waals surface area contributed by atoms with Gasteiger partial charge in [-0.3, -0.25) is 4.79 Å². The lowest BCUT2D eigenvalue weighted by molar-refractivity contribution is -0.123. The molecule has 102 valence electrons. The summed E-state index contributed by atoms with van der Waals surface area (Å²) < 4.78 is 0. The summed E-state index contributed by atoms with van der Waals surface area (Å²) in [6.07, 6.45) is 2.87. The first-order valence-electron chi connectivity index (χ1n) is 6.87. The van der Waals surface area contributed by atoms with E-state index in [2.05, 4.69) is 11.4 Å². The van der Waals surface area contributed by atoms with Crippen molar-refractivity contribution in [1.82, 2.24) is 0 Å². The zero-order chi connectivity index (χ0) is 14.3. The van der Waals surface area contributed by atoms with Crippen LogP contribution in [0.3, 0.4) is 0 Å². The number of hydrogen-bond donors (Lipinski definition) is 1. The van der Waals surface area contributed by atoms with E-state index in [4.69, 9.17) is 0 Å². The monoisotopic (exact) mass is 258 g/mol. The molecule has 19 heavy (non-hydrogen) atoms. The van der Waals surface area contributed by atoms with E-state index in [0.29, 0.717) is 12.8 Å². The molecule has 0 saturated carbocycles. The SMILES string of the molecule is CCCC(C#N)(CCC)C(=O)Nc1cccc(C)c1. The van der Waals surface area contributed by atoms with Crippen LogP contribution < -0.4 is 5.32 Å². The predicted octanol–water partition coefficient (Wildman–Crippen LogP) is 4.04. The average Bonchev–Trinajstić information content (AvgIpc) is 2.38. The number of nitriles is 1. The van der Waals surface area contributed by atoms with Gasteiger partial charge in [0.05, 0.1) is 6.07 Å². The van der Waals surface area contributed by atoms with Crippen LogP contribution in [-0.4, -0.2) is 5.91 Å². The molecule has 0 aliphatic carbocycles. The van der Waals surface area contributed by atoms with Crippen LogP contribution in [0.4, 0.5) is 5.69 Å². The van der Waals surface area contributed by atoms with Crippen LogP contribution in [0.15, 0.2) is 24.3 Å². The summed E-state index contributed by atoms with van der Waals surface area (Å²) in [6, 6.07) is 9.89. The Balaban J connectivity index is 2.91. The first-order valence-corrected chi connectivity index (χ1v) is 6.87. The zero-order valence-corrected chi connectivity index (χ0v) is 12.0. The lowest BCUT2D eigenvalue weighted by Gasteiger charge is -2.24. The Morgan fingerprint density at radius 3 is 2.42 bits per heavy atom. The second kappa shape index (κ2) is 6.94. The van der Waals surface area contributed by atoms with Crippen molar-refractivity contribution >= 4 is 11.6 Å². The average molecular weight is 258 g/mol. The molecule has 0 unspecified atom stereocenters. The zero-order valence-electron chi connectivity index (χ0n) is 12.0. The van der Waals surface area contributed by atoms with Crippen molar-refractivity contribution in [3.05, 3.63) is 29.8 Å². The fourth-order valence-electron chi connectivity index (χ4n) is 2.34. The number of benzene rings is 1. The molecule has 1 N–H and O–H groups in total. The van der Waals surface area contributed by atoms with E-state index in [9.17, 15) is 10.1 Å². The Morgan fingerprint density at radius 1 is 1.32 bits per heavy atom. The van der Waals surface area contributed by atoms with Gasteiger partial charge < -0.3 is 5.32 Å². The van der Waals surface area contributed by atoms with E-state index in [1.165, 1.54) is 0 Å². The van der Waals surface area contributed by atoms with Crippen molar-refractivity contribution in [2.24, 2.45) is 5.41 Å². The maximum absolute atomic E-state index is 12.4. The minimum atomic E-state index is -0.896. The van der Waals surface area contributed by atoms with E-state index in [1.807, 2.05) is 45.0 Å². The van der Waals surface area contributed by atoms with Crippen LogP contribution in [0.5, 0.6) is 0 Å². The summed E-state index contributed by atoms with van der Waals surface area (Å²) in [5.41, 5.74) is 0.955. The minimum absolute atomic E-state index is 0.177. The van der Waals surface area contributed by atoms with E-state index in [-0.39, 0.29) is 5.91 Å². The second-order valence-corrected chi connectivity index (χ2v) is 5.02. The van der Waals surface area contributed by atoms with Gasteiger partial charge >= 0.3 is 0 Å². The summed E-state index contributed by atoms with van der Waals surface area (Å²) in [5.74, 6) is -0.177. The number of hydrogen-bond acceptors (Lipinski definition) is 2. The first-order chi connectivity index (χ1) is 9.07. The third-order valence-electron chi connectivity index (χ3n) is 3.28. The van der Waals surface area contributed by atoms with Crippen molar-refractivity contribution in [3.8, 4) is 6.07 Å². The molecule has 0 atom stereocenters. The van der Waals surface area contributed by atoms with Gasteiger partial charge in [-0.1, -0.05) is 38.8 Å². The quantitative estimate of drug-likeness (QED) is 0.837. The maximum Gasteiger partial charge on any atom is 0.244 e. The number of amides is 1. The third-order valence-corrected chi connectivity index (χ3v) is 3.28. The highest BCUT2D eigenvalue weighted by Crippen LogP contribution is 2.30. The van der Waals surface area contributed by atoms with Crippen molar-refractivity contribution in [3.63, 3.8) is 0 Å². The van der Waals surface area contributed by atoms with Gasteiger partial charge in [0.25, 0.3) is 0 Å². The predicted molar refractivity (Wildman–Crippen MR) is 77.7 cm³/mol. The van der Waals surface area contributed by atoms with Gasteiger partial charge in [0, 0.05) is 5.69 Å². The Labute approximate surface area is 115 Å². The van der Waals surface area contributed by atoms with Gasteiger partial charge in [0.15, 0.2) is 0 Å². The number of carbonyl (C=O) groups is 1. The van der Waals surface area contributed by atoms with Gasteiger partial charge in [0.2, 0.25) is 5.91 Å². The van der Waals surface area contributed by atoms with Gasteiger partial charge in [-0.2, -0.15) is 5.26 Å². The number of aryl methyl sites for hydroxylation is 1. The molecule has 1 aromatic rings. The van der Waals surface area contributed by atoms with Crippen LogP contribution in [0.2, 0.25) is 0 Å². The summed E-state index contributed by atoms with van der Waals surface area (Å²) >= 11 is 0. The topological polar surface area (TPSA) is 52.9 Å². The van der Waals surface area contributed by atoms with E-state index in [1.54, 1.807) is 0 Å². The summed E-state index contributed by atoms with van der Waals surface area (Å²) in [5, 5.41) is 12.3. The molecule has 3 heteroatoms. The molecule has 0 aliphatic heterocycles. The molecule has 0 saturated heterocycles. The highest BCUT2D eigenvalue weighted by Gasteiger charge is 2.36. The molecule has 0 aliphatic rings. The second-order valence-electron chi connectivity index (χ2n) is 5.02. The van der Waals surface area contributed by atoms with E-state index in [0.717, 1.165) is 24.1 Å². The number of rotatable bonds is 6. The highest BCUT2D eigenvalue weighted by atomic mass is 16.2. The Kier molecular flexibility index (Phi) is 5.57. The van der Waals surface area contributed by atoms with Crippen LogP contribution in [-0.2, 0) is 4.79 Å². The number of nitrogens with one attached hydrogen (secondary N) is 1. The van der Waals surface area contributed by atoms with Gasteiger partial charge in [-0.15, -0.1) is 0 Å². The molecule has 1 aromatic carbocycles. The molecule has 3 nitrogen and oxygen atoms in total. The number of carbonyl (C=O) groups excluding carboxylic acids is 1. The fourth-order valence-corrected chi connectivity index (χ4v) is 2.34. The maximum atomic E-state index is 12.4. The van der Waals surface area contributed by atoms with Crippen LogP contribution in [0, 0.1) is 23.7 Å². The normalized spacial score (nSPS) is 10.8. The van der Waals surface area contributed by atoms with Gasteiger partial charge in [-0.05, 0) is 37.5 Å². The molecule has 1 rings (SSSR count). The molecular formula is C16H22N2O. The molecule has 0 bridgehead atoms. The standard InChI is InChI=1S/C16H22N2O/c1-4-9-16(12-17,10-5-2)15(19)18-14-8-6-7-13(3)11-14/h6-8,11H,4-5,9-10H2,1-3H3,(H,18,19). The van der Waals surface area contributed by atoms with Crippen LogP contribution >= 0.6 is 0 Å². The lowest BCUT2D eigenvalue weighted by atomic mass is 9.79. The van der Waals surface area contributed by atoms with Crippen LogP contribution in [0.25, 0.3) is 0 Å². The Hall–Kier alpha value is -1.82. The Bertz CT molecular complexity index is 468. The largest absolute Gasteiger partial charge is 0.325 e. The minimum Gasteiger partial charge on any atom is -0.325 e. The highest BCUT2D eigenvalue weighted by molar-refractivity contribution is 5.97. The molecule has 0 spiro atoms. The van der Waals surface area contributed by atoms with Crippen molar-refractivity contribution in [2.75, 3.05) is 5.32 Å². The number of anilines is 1. The van der Waals surface area contributed by atoms with E-state index >= 15 is 0 Å². The fraction of sp³-hybridized carbons (Fsp3) is 0.500. The van der Waals surface area contributed by atoms with Crippen molar-refractivity contribution in [2.45, 2.75) is 46.5 Å². The molecule has 0 radical (unpaired) electrons. The summed E-state index contributed by atoms with van der Waals surface area (Å²) in [6.45, 7) is 5.98. The molecule has 0 aromatic heterocycles. The third kappa shape index (κ3) is 3.82.